The van der Waals surface area contributed by atoms with Gasteiger partial charge in [-0.15, -0.1) is 0 Å². The molecule has 2 N–H and O–H groups in total. The SMILES string of the molecule is Cc1cccc(C)c1N/C(=N/c1ccccc1-c1ccccc1/N=C(/Nc1c(C)cccc1C)P(c1ccccc1)c1ccccc1)P(c1ccccc1)c1ccccc1. The molecular weight excluding hydrogens is 767 g/mol. The van der Waals surface area contributed by atoms with Gasteiger partial charge in [0.15, 0.2) is 0 Å². The average Bonchev–Trinajstić information content (AvgIpc) is 3.28. The van der Waals surface area contributed by atoms with Gasteiger partial charge in [-0.2, -0.15) is 0 Å². The van der Waals surface area contributed by atoms with E-state index in [0.717, 1.165) is 45.0 Å². The molecule has 0 atom stereocenters. The third kappa shape index (κ3) is 9.22. The molecule has 0 aliphatic heterocycles. The fourth-order valence-corrected chi connectivity index (χ4v) is 11.8. The predicted octanol–water partition coefficient (Wildman–Crippen LogP) is 13.1. The first-order chi connectivity index (χ1) is 29.4. The third-order valence-electron chi connectivity index (χ3n) is 10.5. The van der Waals surface area contributed by atoms with Crippen LogP contribution in [-0.2, 0) is 0 Å². The molecule has 0 radical (unpaired) electrons. The topological polar surface area (TPSA) is 48.8 Å². The zero-order valence-electron chi connectivity index (χ0n) is 34.4. The van der Waals surface area contributed by atoms with Crippen molar-refractivity contribution >= 4 is 71.0 Å². The van der Waals surface area contributed by atoms with E-state index in [1.165, 1.54) is 43.5 Å². The summed E-state index contributed by atoms with van der Waals surface area (Å²) in [6, 6.07) is 72.9. The molecule has 8 aromatic rings. The number of aryl methyl sites for hydroxylation is 4. The molecule has 294 valence electrons. The number of nitrogens with one attached hydrogen (secondary N) is 2. The van der Waals surface area contributed by atoms with Gasteiger partial charge in [0.05, 0.1) is 11.4 Å². The van der Waals surface area contributed by atoms with Crippen LogP contribution in [0.1, 0.15) is 22.3 Å². The molecule has 8 rings (SSSR count). The monoisotopic (exact) mass is 814 g/mol. The highest BCUT2D eigenvalue weighted by molar-refractivity contribution is 7.88. The fourth-order valence-electron chi connectivity index (χ4n) is 7.44. The van der Waals surface area contributed by atoms with Gasteiger partial charge < -0.3 is 10.6 Å². The summed E-state index contributed by atoms with van der Waals surface area (Å²) in [6.45, 7) is 8.64. The fraction of sp³-hybridized carbons (Fsp3) is 0.0741. The van der Waals surface area contributed by atoms with Crippen LogP contribution in [0.5, 0.6) is 0 Å². The first-order valence-electron chi connectivity index (χ1n) is 20.3. The lowest BCUT2D eigenvalue weighted by Crippen LogP contribution is -2.24. The van der Waals surface area contributed by atoms with E-state index in [0.29, 0.717) is 0 Å². The van der Waals surface area contributed by atoms with Crippen LogP contribution in [0.15, 0.2) is 216 Å². The first-order valence-corrected chi connectivity index (χ1v) is 23.0. The Morgan fingerprint density at radius 3 is 0.883 bits per heavy atom. The summed E-state index contributed by atoms with van der Waals surface area (Å²) < 4.78 is 0. The molecule has 0 saturated carbocycles. The van der Waals surface area contributed by atoms with Crippen LogP contribution in [0.2, 0.25) is 0 Å². The maximum Gasteiger partial charge on any atom is 0.139 e. The number of rotatable bonds is 11. The molecule has 8 aromatic carbocycles. The molecule has 0 amide bonds. The summed E-state index contributed by atoms with van der Waals surface area (Å²) in [6.07, 6.45) is 0. The maximum absolute atomic E-state index is 5.68. The Morgan fingerprint density at radius 2 is 0.583 bits per heavy atom. The molecule has 4 nitrogen and oxygen atoms in total. The Balaban J connectivity index is 1.34. The van der Waals surface area contributed by atoms with Crippen molar-refractivity contribution in [2.45, 2.75) is 27.7 Å². The number of aliphatic imine (C=N–C) groups is 2. The lowest BCUT2D eigenvalue weighted by atomic mass is 10.0. The zero-order chi connectivity index (χ0) is 41.3. The number of para-hydroxylation sites is 4. The maximum atomic E-state index is 5.68. The minimum absolute atomic E-state index is 0.867. The Bertz CT molecular complexity index is 2440. The summed E-state index contributed by atoms with van der Waals surface area (Å²) in [4.78, 5) is 11.4. The largest absolute Gasteiger partial charge is 0.339 e. The minimum Gasteiger partial charge on any atom is -0.339 e. The van der Waals surface area contributed by atoms with Crippen LogP contribution in [0.3, 0.4) is 0 Å². The average molecular weight is 815 g/mol. The van der Waals surface area contributed by atoms with Crippen LogP contribution >= 0.6 is 15.8 Å². The van der Waals surface area contributed by atoms with Crippen molar-refractivity contribution in [3.63, 3.8) is 0 Å². The summed E-state index contributed by atoms with van der Waals surface area (Å²) in [7, 11) is -2.16. The highest BCUT2D eigenvalue weighted by Crippen LogP contribution is 2.44. The first kappa shape index (κ1) is 40.3. The van der Waals surface area contributed by atoms with Crippen molar-refractivity contribution in [1.29, 1.82) is 0 Å². The molecule has 0 heterocycles. The van der Waals surface area contributed by atoms with Crippen LogP contribution in [-0.4, -0.2) is 11.2 Å². The Kier molecular flexibility index (Phi) is 12.8. The lowest BCUT2D eigenvalue weighted by Gasteiger charge is -2.25. The van der Waals surface area contributed by atoms with Gasteiger partial charge >= 0.3 is 0 Å². The van der Waals surface area contributed by atoms with E-state index in [2.05, 4.69) is 245 Å². The van der Waals surface area contributed by atoms with Crippen molar-refractivity contribution in [3.05, 3.63) is 229 Å². The molecule has 0 bridgehead atoms. The van der Waals surface area contributed by atoms with Crippen LogP contribution < -0.4 is 31.9 Å². The number of nitrogens with zero attached hydrogens (tertiary/aromatic N) is 2. The quantitative estimate of drug-likeness (QED) is 0.0776. The normalized spacial score (nSPS) is 11.8. The van der Waals surface area contributed by atoms with Crippen molar-refractivity contribution in [2.24, 2.45) is 9.98 Å². The molecule has 0 fully saturated rings. The van der Waals surface area contributed by atoms with Crippen molar-refractivity contribution in [3.8, 4) is 11.1 Å². The molecule has 0 spiro atoms. The van der Waals surface area contributed by atoms with Crippen LogP contribution in [0.4, 0.5) is 22.7 Å². The smallest absolute Gasteiger partial charge is 0.139 e. The number of hydrogen-bond donors (Lipinski definition) is 2. The second-order valence-corrected chi connectivity index (χ2v) is 19.0. The summed E-state index contributed by atoms with van der Waals surface area (Å²) in [5.74, 6) is 0. The number of benzene rings is 8. The van der Waals surface area contributed by atoms with Crippen molar-refractivity contribution < 1.29 is 0 Å². The molecule has 6 heteroatoms. The van der Waals surface area contributed by atoms with Crippen LogP contribution in [0.25, 0.3) is 11.1 Å². The Labute approximate surface area is 357 Å². The van der Waals surface area contributed by atoms with Gasteiger partial charge in [-0.1, -0.05) is 194 Å². The molecule has 60 heavy (non-hydrogen) atoms. The Morgan fingerprint density at radius 1 is 0.317 bits per heavy atom. The second kappa shape index (κ2) is 19.1. The van der Waals surface area contributed by atoms with E-state index < -0.39 is 15.8 Å². The van der Waals surface area contributed by atoms with Gasteiger partial charge in [0, 0.05) is 38.3 Å². The van der Waals surface area contributed by atoms with E-state index in [4.69, 9.17) is 9.98 Å². The van der Waals surface area contributed by atoms with Crippen molar-refractivity contribution in [2.75, 3.05) is 10.6 Å². The summed E-state index contributed by atoms with van der Waals surface area (Å²) >= 11 is 0. The molecule has 0 saturated heterocycles. The third-order valence-corrected chi connectivity index (χ3v) is 15.0. The second-order valence-electron chi connectivity index (χ2n) is 14.7. The number of anilines is 2. The van der Waals surface area contributed by atoms with Gasteiger partial charge in [0.2, 0.25) is 0 Å². The number of hydrogen-bond acceptors (Lipinski definition) is 2. The van der Waals surface area contributed by atoms with E-state index in [9.17, 15) is 0 Å². The summed E-state index contributed by atoms with van der Waals surface area (Å²) in [5.41, 5.74) is 12.4. The van der Waals surface area contributed by atoms with Gasteiger partial charge in [0.25, 0.3) is 0 Å². The number of amidine groups is 2. The molecule has 0 aliphatic carbocycles. The Hall–Kier alpha value is -6.44. The van der Waals surface area contributed by atoms with Gasteiger partial charge in [-0.25, -0.2) is 9.98 Å². The van der Waals surface area contributed by atoms with Crippen LogP contribution in [0, 0.1) is 27.7 Å². The van der Waals surface area contributed by atoms with E-state index in [1.807, 2.05) is 0 Å². The van der Waals surface area contributed by atoms with E-state index in [1.54, 1.807) is 0 Å². The highest BCUT2D eigenvalue weighted by Gasteiger charge is 2.25. The summed E-state index contributed by atoms with van der Waals surface area (Å²) in [5, 5.41) is 12.7. The molecule has 0 unspecified atom stereocenters. The lowest BCUT2D eigenvalue weighted by molar-refractivity contribution is 1.37. The van der Waals surface area contributed by atoms with Gasteiger partial charge in [-0.3, -0.25) is 0 Å². The van der Waals surface area contributed by atoms with E-state index >= 15 is 0 Å². The van der Waals surface area contributed by atoms with Gasteiger partial charge in [0.1, 0.15) is 11.2 Å². The standard InChI is InChI=1S/C54H48N4P2/c1-39-23-21-24-40(2)51(39)57-53(59(43-27-9-5-10-28-43)44-29-11-6-12-30-44)55-49-37-19-17-35-47(49)48-36-18-20-38-50(48)56-54(58-52-41(3)25-22-26-42(52)4)60(45-31-13-7-14-32-45)46-33-15-8-16-34-46/h5-38H,1-4H3,(H,55,57)(H,56,58). The van der Waals surface area contributed by atoms with Crippen molar-refractivity contribution in [1.82, 2.24) is 0 Å². The molecule has 0 aromatic heterocycles. The van der Waals surface area contributed by atoms with E-state index in [-0.39, 0.29) is 0 Å². The minimum atomic E-state index is -1.08. The van der Waals surface area contributed by atoms with Gasteiger partial charge in [-0.05, 0) is 83.3 Å². The zero-order valence-corrected chi connectivity index (χ0v) is 36.2. The molecule has 0 aliphatic rings. The molecular formula is C54H48N4P2. The highest BCUT2D eigenvalue weighted by atomic mass is 31.1. The predicted molar refractivity (Wildman–Crippen MR) is 263 cm³/mol.